The highest BCUT2D eigenvalue weighted by Gasteiger charge is 2.31. The monoisotopic (exact) mass is 278 g/mol. The lowest BCUT2D eigenvalue weighted by molar-refractivity contribution is -0.0408. The molecule has 1 aromatic carbocycles. The fourth-order valence-corrected chi connectivity index (χ4v) is 1.78. The van der Waals surface area contributed by atoms with Crippen LogP contribution < -0.4 is 0 Å². The van der Waals surface area contributed by atoms with Gasteiger partial charge in [-0.05, 0) is 38.1 Å². The van der Waals surface area contributed by atoms with E-state index in [1.807, 2.05) is 20.8 Å². The molecule has 0 unspecified atom stereocenters. The third-order valence-electron chi connectivity index (χ3n) is 2.72. The van der Waals surface area contributed by atoms with Crippen LogP contribution in [0.15, 0.2) is 28.5 Å². The van der Waals surface area contributed by atoms with Crippen LogP contribution in [0.25, 0.3) is 0 Å². The van der Waals surface area contributed by atoms with Gasteiger partial charge in [0.25, 0.3) is 5.90 Å². The molecule has 0 aliphatic carbocycles. The number of ether oxygens (including phenoxy) is 1. The summed E-state index contributed by atoms with van der Waals surface area (Å²) in [5.74, 6) is 0.255. The number of aromatic hydroxyl groups is 1. The molecule has 1 aliphatic heterocycles. The SMILES string of the molecule is CO/N=C(/C1=NOCC(C)(C)O1)c1cc(C)ccc1O. The fourth-order valence-electron chi connectivity index (χ4n) is 1.78. The largest absolute Gasteiger partial charge is 0.507 e. The van der Waals surface area contributed by atoms with Crippen molar-refractivity contribution in [2.24, 2.45) is 10.3 Å². The molecule has 0 saturated heterocycles. The van der Waals surface area contributed by atoms with Crippen molar-refractivity contribution in [1.29, 1.82) is 0 Å². The fraction of sp³-hybridized carbons (Fsp3) is 0.429. The summed E-state index contributed by atoms with van der Waals surface area (Å²) in [5.41, 5.74) is 1.22. The lowest BCUT2D eigenvalue weighted by Gasteiger charge is -2.29. The van der Waals surface area contributed by atoms with Crippen LogP contribution in [0.5, 0.6) is 5.75 Å². The molecule has 0 fully saturated rings. The predicted molar refractivity (Wildman–Crippen MR) is 74.9 cm³/mol. The van der Waals surface area contributed by atoms with Gasteiger partial charge in [-0.1, -0.05) is 16.8 Å². The molecular weight excluding hydrogens is 260 g/mol. The first-order valence-electron chi connectivity index (χ1n) is 6.23. The van der Waals surface area contributed by atoms with Crippen molar-refractivity contribution < 1.29 is 19.5 Å². The third-order valence-corrected chi connectivity index (χ3v) is 2.72. The van der Waals surface area contributed by atoms with Crippen LogP contribution in [-0.4, -0.2) is 36.0 Å². The van der Waals surface area contributed by atoms with E-state index in [1.54, 1.807) is 18.2 Å². The van der Waals surface area contributed by atoms with Crippen molar-refractivity contribution in [2.45, 2.75) is 26.4 Å². The molecule has 0 radical (unpaired) electrons. The van der Waals surface area contributed by atoms with Crippen molar-refractivity contribution in [2.75, 3.05) is 13.7 Å². The van der Waals surface area contributed by atoms with Gasteiger partial charge >= 0.3 is 0 Å². The zero-order chi connectivity index (χ0) is 14.8. The Balaban J connectivity index is 2.45. The molecule has 0 bridgehead atoms. The minimum Gasteiger partial charge on any atom is -0.507 e. The number of hydrogen-bond donors (Lipinski definition) is 1. The Kier molecular flexibility index (Phi) is 3.83. The molecule has 108 valence electrons. The second-order valence-electron chi connectivity index (χ2n) is 5.17. The molecule has 20 heavy (non-hydrogen) atoms. The minimum atomic E-state index is -0.523. The van der Waals surface area contributed by atoms with Gasteiger partial charge in [-0.25, -0.2) is 0 Å². The Morgan fingerprint density at radius 3 is 2.85 bits per heavy atom. The van der Waals surface area contributed by atoms with Gasteiger partial charge in [0.05, 0.1) is 5.56 Å². The molecule has 1 heterocycles. The first-order valence-corrected chi connectivity index (χ1v) is 6.23. The van der Waals surface area contributed by atoms with Gasteiger partial charge in [-0.15, -0.1) is 0 Å². The molecule has 0 amide bonds. The molecular formula is C14H18N2O4. The van der Waals surface area contributed by atoms with Gasteiger partial charge in [0.2, 0.25) is 0 Å². The zero-order valence-electron chi connectivity index (χ0n) is 12.0. The lowest BCUT2D eigenvalue weighted by Crippen LogP contribution is -2.39. The average molecular weight is 278 g/mol. The first kappa shape index (κ1) is 14.2. The van der Waals surface area contributed by atoms with E-state index in [0.717, 1.165) is 5.56 Å². The van der Waals surface area contributed by atoms with Crippen LogP contribution in [0.3, 0.4) is 0 Å². The number of aryl methyl sites for hydroxylation is 1. The highest BCUT2D eigenvalue weighted by molar-refractivity contribution is 6.45. The summed E-state index contributed by atoms with van der Waals surface area (Å²) in [4.78, 5) is 10.00. The molecule has 0 aromatic heterocycles. The molecule has 0 spiro atoms. The minimum absolute atomic E-state index is 0.0704. The van der Waals surface area contributed by atoms with Crippen molar-refractivity contribution in [3.05, 3.63) is 29.3 Å². The van der Waals surface area contributed by atoms with E-state index in [9.17, 15) is 5.11 Å². The Morgan fingerprint density at radius 1 is 1.45 bits per heavy atom. The van der Waals surface area contributed by atoms with E-state index in [4.69, 9.17) is 14.4 Å². The van der Waals surface area contributed by atoms with E-state index in [-0.39, 0.29) is 11.6 Å². The maximum absolute atomic E-state index is 10.0. The molecule has 6 nitrogen and oxygen atoms in total. The Labute approximate surface area is 117 Å². The van der Waals surface area contributed by atoms with E-state index < -0.39 is 5.60 Å². The molecule has 6 heteroatoms. The smallest absolute Gasteiger partial charge is 0.281 e. The van der Waals surface area contributed by atoms with Crippen LogP contribution in [0, 0.1) is 6.92 Å². The normalized spacial score (nSPS) is 17.8. The summed E-state index contributed by atoms with van der Waals surface area (Å²) < 4.78 is 5.74. The highest BCUT2D eigenvalue weighted by Crippen LogP contribution is 2.23. The van der Waals surface area contributed by atoms with E-state index in [0.29, 0.717) is 17.9 Å². The number of phenolic OH excluding ortho intramolecular Hbond substituents is 1. The number of oxime groups is 2. The molecule has 1 aromatic rings. The molecule has 0 saturated carbocycles. The quantitative estimate of drug-likeness (QED) is 0.679. The first-order chi connectivity index (χ1) is 9.43. The van der Waals surface area contributed by atoms with Crippen molar-refractivity contribution in [3.8, 4) is 5.75 Å². The Hall–Kier alpha value is -2.24. The van der Waals surface area contributed by atoms with E-state index in [1.165, 1.54) is 7.11 Å². The number of nitrogens with zero attached hydrogens (tertiary/aromatic N) is 2. The third kappa shape index (κ3) is 3.01. The zero-order valence-corrected chi connectivity index (χ0v) is 12.0. The second kappa shape index (κ2) is 5.40. The van der Waals surface area contributed by atoms with Gasteiger partial charge in [0.15, 0.2) is 12.3 Å². The van der Waals surface area contributed by atoms with Crippen molar-refractivity contribution >= 4 is 11.6 Å². The van der Waals surface area contributed by atoms with Gasteiger partial charge in [-0.3, -0.25) is 0 Å². The van der Waals surface area contributed by atoms with Crippen LogP contribution in [0.2, 0.25) is 0 Å². The van der Waals surface area contributed by atoms with Gasteiger partial charge in [-0.2, -0.15) is 0 Å². The van der Waals surface area contributed by atoms with Gasteiger partial charge < -0.3 is 19.5 Å². The topological polar surface area (TPSA) is 72.6 Å². The molecule has 0 atom stereocenters. The van der Waals surface area contributed by atoms with Crippen molar-refractivity contribution in [1.82, 2.24) is 0 Å². The maximum Gasteiger partial charge on any atom is 0.281 e. The summed E-state index contributed by atoms with van der Waals surface area (Å²) in [6, 6.07) is 5.17. The standard InChI is InChI=1S/C14H18N2O4/c1-9-5-6-11(17)10(7-9)12(15-18-4)13-16-19-8-14(2,3)20-13/h5-7,17H,8H2,1-4H3/b15-12+. The molecule has 1 aliphatic rings. The highest BCUT2D eigenvalue weighted by atomic mass is 16.7. The summed E-state index contributed by atoms with van der Waals surface area (Å²) in [5, 5.41) is 17.8. The maximum atomic E-state index is 10.0. The summed E-state index contributed by atoms with van der Waals surface area (Å²) in [7, 11) is 1.42. The Morgan fingerprint density at radius 2 is 2.20 bits per heavy atom. The summed E-state index contributed by atoms with van der Waals surface area (Å²) >= 11 is 0. The average Bonchev–Trinajstić information content (AvgIpc) is 2.38. The number of phenols is 1. The number of benzene rings is 1. The molecule has 1 N–H and O–H groups in total. The van der Waals surface area contributed by atoms with E-state index in [2.05, 4.69) is 10.3 Å². The van der Waals surface area contributed by atoms with Gasteiger partial charge in [0, 0.05) is 0 Å². The Bertz CT molecular complexity index is 564. The van der Waals surface area contributed by atoms with Gasteiger partial charge in [0.1, 0.15) is 18.5 Å². The molecule has 2 rings (SSSR count). The van der Waals surface area contributed by atoms with Crippen LogP contribution >= 0.6 is 0 Å². The number of hydrogen-bond acceptors (Lipinski definition) is 6. The predicted octanol–water partition coefficient (Wildman–Crippen LogP) is 2.19. The second-order valence-corrected chi connectivity index (χ2v) is 5.17. The van der Waals surface area contributed by atoms with Crippen LogP contribution in [0.1, 0.15) is 25.0 Å². The van der Waals surface area contributed by atoms with E-state index >= 15 is 0 Å². The van der Waals surface area contributed by atoms with Crippen molar-refractivity contribution in [3.63, 3.8) is 0 Å². The summed E-state index contributed by atoms with van der Waals surface area (Å²) in [6.45, 7) is 6.01. The number of rotatable bonds is 3. The lowest BCUT2D eigenvalue weighted by atomic mass is 10.0. The summed E-state index contributed by atoms with van der Waals surface area (Å²) in [6.07, 6.45) is 0. The van der Waals surface area contributed by atoms with Crippen LogP contribution in [0.4, 0.5) is 0 Å². The van der Waals surface area contributed by atoms with Crippen LogP contribution in [-0.2, 0) is 14.4 Å².